The van der Waals surface area contributed by atoms with Crippen molar-refractivity contribution in [2.45, 2.75) is 26.8 Å². The van der Waals surface area contributed by atoms with Crippen LogP contribution in [0.5, 0.6) is 0 Å². The van der Waals surface area contributed by atoms with Gasteiger partial charge in [0.15, 0.2) is 0 Å². The largest absolute Gasteiger partial charge is 0.369 e. The average molecular weight is 287 g/mol. The number of nitrogens with zero attached hydrogens (tertiary/aromatic N) is 2. The highest BCUT2D eigenvalue weighted by Crippen LogP contribution is 2.24. The van der Waals surface area contributed by atoms with Crippen LogP contribution < -0.4 is 10.2 Å². The maximum atomic E-state index is 11.4. The van der Waals surface area contributed by atoms with E-state index in [0.29, 0.717) is 6.04 Å². The van der Waals surface area contributed by atoms with Gasteiger partial charge in [-0.2, -0.15) is 0 Å². The van der Waals surface area contributed by atoms with Gasteiger partial charge in [-0.1, -0.05) is 6.58 Å². The SMILES string of the molecule is C=CC(=O)Nc1cc(C)cc(N2CCN(C(C)C)CC2)c1. The third kappa shape index (κ3) is 4.08. The Labute approximate surface area is 127 Å². The highest BCUT2D eigenvalue weighted by molar-refractivity contribution is 5.99. The molecule has 0 atom stereocenters. The molecule has 1 amide bonds. The summed E-state index contributed by atoms with van der Waals surface area (Å²) in [7, 11) is 0. The summed E-state index contributed by atoms with van der Waals surface area (Å²) in [5.74, 6) is -0.170. The lowest BCUT2D eigenvalue weighted by molar-refractivity contribution is -0.111. The zero-order valence-corrected chi connectivity index (χ0v) is 13.2. The molecule has 21 heavy (non-hydrogen) atoms. The Morgan fingerprint density at radius 2 is 1.90 bits per heavy atom. The number of hydrogen-bond donors (Lipinski definition) is 1. The van der Waals surface area contributed by atoms with Gasteiger partial charge in [-0.15, -0.1) is 0 Å². The van der Waals surface area contributed by atoms with E-state index in [1.54, 1.807) is 0 Å². The molecule has 114 valence electrons. The van der Waals surface area contributed by atoms with Gasteiger partial charge in [0, 0.05) is 43.6 Å². The van der Waals surface area contributed by atoms with E-state index in [4.69, 9.17) is 0 Å². The van der Waals surface area contributed by atoms with E-state index in [1.807, 2.05) is 12.1 Å². The molecule has 1 aromatic carbocycles. The van der Waals surface area contributed by atoms with Crippen molar-refractivity contribution in [2.75, 3.05) is 36.4 Å². The second-order valence-electron chi connectivity index (χ2n) is 5.87. The molecule has 0 bridgehead atoms. The van der Waals surface area contributed by atoms with E-state index in [1.165, 1.54) is 11.8 Å². The molecule has 0 aliphatic carbocycles. The van der Waals surface area contributed by atoms with Crippen molar-refractivity contribution in [3.05, 3.63) is 36.4 Å². The number of piperazine rings is 1. The van der Waals surface area contributed by atoms with Crippen molar-refractivity contribution in [2.24, 2.45) is 0 Å². The van der Waals surface area contributed by atoms with Crippen LogP contribution in [0.1, 0.15) is 19.4 Å². The topological polar surface area (TPSA) is 35.6 Å². The van der Waals surface area contributed by atoms with Crippen molar-refractivity contribution in [1.29, 1.82) is 0 Å². The summed E-state index contributed by atoms with van der Waals surface area (Å²) in [6, 6.07) is 6.80. The molecule has 0 radical (unpaired) electrons. The van der Waals surface area contributed by atoms with Gasteiger partial charge < -0.3 is 10.2 Å². The van der Waals surface area contributed by atoms with Gasteiger partial charge in [-0.3, -0.25) is 9.69 Å². The molecular weight excluding hydrogens is 262 g/mol. The van der Waals surface area contributed by atoms with E-state index < -0.39 is 0 Å². The average Bonchev–Trinajstić information content (AvgIpc) is 2.46. The molecule has 1 aliphatic rings. The highest BCUT2D eigenvalue weighted by Gasteiger charge is 2.19. The van der Waals surface area contributed by atoms with Gasteiger partial charge >= 0.3 is 0 Å². The van der Waals surface area contributed by atoms with Crippen LogP contribution in [0.3, 0.4) is 0 Å². The lowest BCUT2D eigenvalue weighted by Crippen LogP contribution is -2.48. The molecule has 1 aromatic rings. The lowest BCUT2D eigenvalue weighted by Gasteiger charge is -2.38. The number of amides is 1. The van der Waals surface area contributed by atoms with Gasteiger partial charge in [0.25, 0.3) is 0 Å². The third-order valence-electron chi connectivity index (χ3n) is 3.92. The Morgan fingerprint density at radius 3 is 2.48 bits per heavy atom. The molecule has 0 saturated carbocycles. The molecule has 1 heterocycles. The van der Waals surface area contributed by atoms with Crippen molar-refractivity contribution in [3.63, 3.8) is 0 Å². The number of rotatable bonds is 4. The van der Waals surface area contributed by atoms with Gasteiger partial charge in [0.1, 0.15) is 0 Å². The first-order valence-electron chi connectivity index (χ1n) is 7.53. The predicted molar refractivity (Wildman–Crippen MR) is 88.9 cm³/mol. The highest BCUT2D eigenvalue weighted by atomic mass is 16.1. The number of hydrogen-bond acceptors (Lipinski definition) is 3. The quantitative estimate of drug-likeness (QED) is 0.865. The van der Waals surface area contributed by atoms with Crippen LogP contribution in [0.4, 0.5) is 11.4 Å². The summed E-state index contributed by atoms with van der Waals surface area (Å²) in [5, 5.41) is 2.84. The zero-order chi connectivity index (χ0) is 15.4. The van der Waals surface area contributed by atoms with Crippen molar-refractivity contribution < 1.29 is 4.79 Å². The van der Waals surface area contributed by atoms with Crippen LogP contribution in [-0.2, 0) is 4.79 Å². The smallest absolute Gasteiger partial charge is 0.247 e. The lowest BCUT2D eigenvalue weighted by atomic mass is 10.1. The molecule has 2 rings (SSSR count). The second kappa shape index (κ2) is 6.76. The maximum Gasteiger partial charge on any atom is 0.247 e. The van der Waals surface area contributed by atoms with Crippen LogP contribution >= 0.6 is 0 Å². The first-order valence-corrected chi connectivity index (χ1v) is 7.53. The molecule has 1 aliphatic heterocycles. The summed E-state index contributed by atoms with van der Waals surface area (Å²) in [6.45, 7) is 14.2. The monoisotopic (exact) mass is 287 g/mol. The Balaban J connectivity index is 2.10. The van der Waals surface area contributed by atoms with Crippen LogP contribution in [0.25, 0.3) is 0 Å². The summed E-state index contributed by atoms with van der Waals surface area (Å²) in [6.07, 6.45) is 1.30. The van der Waals surface area contributed by atoms with Crippen LogP contribution in [0.2, 0.25) is 0 Å². The maximum absolute atomic E-state index is 11.4. The number of aryl methyl sites for hydroxylation is 1. The van der Waals surface area contributed by atoms with E-state index in [-0.39, 0.29) is 5.91 Å². The summed E-state index contributed by atoms with van der Waals surface area (Å²) in [5.41, 5.74) is 3.16. The molecule has 1 N–H and O–H groups in total. The number of carbonyl (C=O) groups is 1. The fourth-order valence-electron chi connectivity index (χ4n) is 2.71. The van der Waals surface area contributed by atoms with Crippen molar-refractivity contribution in [3.8, 4) is 0 Å². The zero-order valence-electron chi connectivity index (χ0n) is 13.2. The fraction of sp³-hybridized carbons (Fsp3) is 0.471. The number of anilines is 2. The first kappa shape index (κ1) is 15.6. The Morgan fingerprint density at radius 1 is 1.24 bits per heavy atom. The van der Waals surface area contributed by atoms with Crippen LogP contribution in [0, 0.1) is 6.92 Å². The van der Waals surface area contributed by atoms with Crippen LogP contribution in [0.15, 0.2) is 30.9 Å². The predicted octanol–water partition coefficient (Wildman–Crippen LogP) is 2.65. The fourth-order valence-corrected chi connectivity index (χ4v) is 2.71. The van der Waals surface area contributed by atoms with Gasteiger partial charge in [0.2, 0.25) is 5.91 Å². The van der Waals surface area contributed by atoms with E-state index in [2.05, 4.69) is 48.5 Å². The Hall–Kier alpha value is -1.81. The molecular formula is C17H25N3O. The molecule has 0 spiro atoms. The van der Waals surface area contributed by atoms with Crippen molar-refractivity contribution in [1.82, 2.24) is 4.90 Å². The van der Waals surface area contributed by atoms with Crippen LogP contribution in [-0.4, -0.2) is 43.0 Å². The van der Waals surface area contributed by atoms with Gasteiger partial charge in [-0.05, 0) is 50.6 Å². The normalized spacial score (nSPS) is 16.1. The number of carbonyl (C=O) groups excluding carboxylic acids is 1. The second-order valence-corrected chi connectivity index (χ2v) is 5.87. The number of nitrogens with one attached hydrogen (secondary N) is 1. The molecule has 0 aromatic heterocycles. The van der Waals surface area contributed by atoms with E-state index in [0.717, 1.165) is 37.4 Å². The first-order chi connectivity index (χ1) is 9.99. The minimum absolute atomic E-state index is 0.170. The molecule has 1 saturated heterocycles. The van der Waals surface area contributed by atoms with E-state index in [9.17, 15) is 4.79 Å². The molecule has 4 nitrogen and oxygen atoms in total. The minimum Gasteiger partial charge on any atom is -0.369 e. The standard InChI is InChI=1S/C17H25N3O/c1-5-17(21)18-15-10-14(4)11-16(12-15)20-8-6-19(7-9-20)13(2)3/h5,10-13H,1,6-9H2,2-4H3,(H,18,21). The third-order valence-corrected chi connectivity index (χ3v) is 3.92. The van der Waals surface area contributed by atoms with E-state index >= 15 is 0 Å². The Bertz CT molecular complexity index is 517. The Kier molecular flexibility index (Phi) is 5.02. The summed E-state index contributed by atoms with van der Waals surface area (Å²) >= 11 is 0. The summed E-state index contributed by atoms with van der Waals surface area (Å²) < 4.78 is 0. The minimum atomic E-state index is -0.170. The summed E-state index contributed by atoms with van der Waals surface area (Å²) in [4.78, 5) is 16.3. The van der Waals surface area contributed by atoms with Gasteiger partial charge in [0.05, 0.1) is 0 Å². The number of benzene rings is 1. The molecule has 1 fully saturated rings. The molecule has 4 heteroatoms. The molecule has 0 unspecified atom stereocenters. The van der Waals surface area contributed by atoms with Gasteiger partial charge in [-0.25, -0.2) is 0 Å². The van der Waals surface area contributed by atoms with Crippen molar-refractivity contribution >= 4 is 17.3 Å².